The molecule has 2 aromatic heterocycles. The summed E-state index contributed by atoms with van der Waals surface area (Å²) in [5.41, 5.74) is 4.38. The minimum atomic E-state index is -0.572. The maximum absolute atomic E-state index is 14.6. The quantitative estimate of drug-likeness (QED) is 0.227. The monoisotopic (exact) mass is 642 g/mol. The van der Waals surface area contributed by atoms with E-state index in [2.05, 4.69) is 32.5 Å². The first-order valence-corrected chi connectivity index (χ1v) is 15.8. The third-order valence-corrected chi connectivity index (χ3v) is 9.94. The number of ether oxygens (including phenoxy) is 1. The van der Waals surface area contributed by atoms with Crippen LogP contribution in [-0.4, -0.2) is 37.8 Å². The molecule has 0 radical (unpaired) electrons. The van der Waals surface area contributed by atoms with E-state index in [1.54, 1.807) is 0 Å². The summed E-state index contributed by atoms with van der Waals surface area (Å²) in [6.07, 6.45) is 5.40. The van der Waals surface area contributed by atoms with Crippen LogP contribution in [0.25, 0.3) is 22.2 Å². The molecule has 0 spiro atoms. The predicted molar refractivity (Wildman–Crippen MR) is 172 cm³/mol. The number of hydrogen-bond donors (Lipinski definition) is 1. The van der Waals surface area contributed by atoms with E-state index in [1.165, 1.54) is 0 Å². The van der Waals surface area contributed by atoms with Crippen molar-refractivity contribution in [3.63, 3.8) is 0 Å². The van der Waals surface area contributed by atoms with Gasteiger partial charge in [-0.05, 0) is 96.0 Å². The van der Waals surface area contributed by atoms with Gasteiger partial charge in [0.25, 0.3) is 5.91 Å². The molecule has 2 bridgehead atoms. The summed E-state index contributed by atoms with van der Waals surface area (Å²) in [6.45, 7) is 9.76. The van der Waals surface area contributed by atoms with Gasteiger partial charge in [0, 0.05) is 40.1 Å². The molecule has 1 unspecified atom stereocenters. The lowest BCUT2D eigenvalue weighted by molar-refractivity contribution is -0.176. The zero-order valence-electron chi connectivity index (χ0n) is 25.8. The number of amides is 1. The summed E-state index contributed by atoms with van der Waals surface area (Å²) >= 11 is 3.61. The number of benzene rings is 2. The lowest BCUT2D eigenvalue weighted by Crippen LogP contribution is -2.62. The van der Waals surface area contributed by atoms with Crippen LogP contribution in [-0.2, 0) is 16.6 Å². The molecular formula is C35H39BrN4O3. The second-order valence-electron chi connectivity index (χ2n) is 13.5. The number of pyridine rings is 1. The van der Waals surface area contributed by atoms with Crippen LogP contribution >= 0.6 is 15.9 Å². The Morgan fingerprint density at radius 2 is 1.74 bits per heavy atom. The van der Waals surface area contributed by atoms with Gasteiger partial charge in [-0.25, -0.2) is 4.98 Å². The van der Waals surface area contributed by atoms with Gasteiger partial charge >= 0.3 is 5.97 Å². The number of rotatable bonds is 5. The zero-order valence-corrected chi connectivity index (χ0v) is 27.3. The molecule has 2 heterocycles. The third-order valence-electron chi connectivity index (χ3n) is 9.45. The number of hydrogen-bond acceptors (Lipinski definition) is 5. The standard InChI is InChI=1S/C35H39BrN4O3/c1-21-29(25-18-24(36)12-13-28(25)37-30(21)23-10-8-7-9-11-23)31(41)38-35-16-14-34(15-17-35,32(42)43-33(3,4)5)19-27(35)26-20-40(6)39-22(26)2/h7-13,18,20,27H,14-17,19H2,1-6H3,(H,38,41). The molecule has 4 aromatic rings. The fourth-order valence-electron chi connectivity index (χ4n) is 7.36. The summed E-state index contributed by atoms with van der Waals surface area (Å²) in [5, 5.41) is 9.04. The summed E-state index contributed by atoms with van der Waals surface area (Å²) in [5.74, 6) is -0.313. The van der Waals surface area contributed by atoms with Crippen molar-refractivity contribution in [2.45, 2.75) is 83.8 Å². The molecule has 8 heteroatoms. The van der Waals surface area contributed by atoms with Gasteiger partial charge in [-0.15, -0.1) is 0 Å². The molecule has 7 nitrogen and oxygen atoms in total. The molecule has 3 fully saturated rings. The third kappa shape index (κ3) is 5.28. The van der Waals surface area contributed by atoms with E-state index in [-0.39, 0.29) is 17.8 Å². The van der Waals surface area contributed by atoms with Crippen LogP contribution in [0.3, 0.4) is 0 Å². The Kier molecular flexibility index (Phi) is 7.27. The molecule has 43 heavy (non-hydrogen) atoms. The molecule has 224 valence electrons. The first-order chi connectivity index (χ1) is 20.3. The summed E-state index contributed by atoms with van der Waals surface area (Å²) in [4.78, 5) is 33.3. The number of halogens is 1. The second-order valence-corrected chi connectivity index (χ2v) is 14.4. The predicted octanol–water partition coefficient (Wildman–Crippen LogP) is 7.57. The van der Waals surface area contributed by atoms with E-state index < -0.39 is 16.6 Å². The SMILES string of the molecule is Cc1nn(C)cc1C1CC2(C(=O)OC(C)(C)C)CCC1(NC(=O)c1c(C)c(-c3ccccc3)nc3ccc(Br)cc13)CC2. The van der Waals surface area contributed by atoms with Gasteiger partial charge in [0.1, 0.15) is 5.60 Å². The smallest absolute Gasteiger partial charge is 0.312 e. The van der Waals surface area contributed by atoms with Crippen molar-refractivity contribution in [3.05, 3.63) is 81.6 Å². The van der Waals surface area contributed by atoms with E-state index in [4.69, 9.17) is 9.72 Å². The number of aryl methyl sites for hydroxylation is 2. The molecule has 1 N–H and O–H groups in total. The van der Waals surface area contributed by atoms with Crippen LogP contribution in [0.15, 0.2) is 59.2 Å². The highest BCUT2D eigenvalue weighted by atomic mass is 79.9. The van der Waals surface area contributed by atoms with Crippen molar-refractivity contribution >= 4 is 38.7 Å². The van der Waals surface area contributed by atoms with Gasteiger partial charge in [-0.1, -0.05) is 46.3 Å². The number of carbonyl (C=O) groups is 2. The lowest BCUT2D eigenvalue weighted by atomic mass is 9.51. The minimum absolute atomic E-state index is 0.0751. The van der Waals surface area contributed by atoms with Crippen molar-refractivity contribution in [1.29, 1.82) is 0 Å². The highest BCUT2D eigenvalue weighted by Gasteiger charge is 2.60. The van der Waals surface area contributed by atoms with E-state index >= 15 is 0 Å². The number of nitrogens with one attached hydrogen (secondary N) is 1. The van der Waals surface area contributed by atoms with Gasteiger partial charge in [-0.2, -0.15) is 5.10 Å². The molecule has 2 aromatic carbocycles. The molecule has 0 aliphatic heterocycles. The van der Waals surface area contributed by atoms with Crippen molar-refractivity contribution in [1.82, 2.24) is 20.1 Å². The Morgan fingerprint density at radius 1 is 1.05 bits per heavy atom. The highest BCUT2D eigenvalue weighted by molar-refractivity contribution is 9.10. The molecule has 3 aliphatic carbocycles. The average molecular weight is 644 g/mol. The summed E-state index contributed by atoms with van der Waals surface area (Å²) in [7, 11) is 1.92. The molecule has 7 rings (SSSR count). The number of nitrogens with zero attached hydrogens (tertiary/aromatic N) is 3. The zero-order chi connectivity index (χ0) is 30.7. The Morgan fingerprint density at radius 3 is 2.37 bits per heavy atom. The van der Waals surface area contributed by atoms with Gasteiger partial charge in [0.05, 0.1) is 27.9 Å². The molecule has 3 aliphatic rings. The number of carbonyl (C=O) groups excluding carboxylic acids is 2. The van der Waals surface area contributed by atoms with Crippen LogP contribution in [0.4, 0.5) is 0 Å². The molecule has 1 amide bonds. The van der Waals surface area contributed by atoms with E-state index in [0.29, 0.717) is 37.7 Å². The number of aromatic nitrogens is 3. The average Bonchev–Trinajstić information content (AvgIpc) is 3.29. The number of fused-ring (bicyclic) bond motifs is 4. The summed E-state index contributed by atoms with van der Waals surface area (Å²) in [6, 6.07) is 15.9. The molecule has 0 saturated heterocycles. The van der Waals surface area contributed by atoms with E-state index in [1.807, 2.05) is 94.9 Å². The van der Waals surface area contributed by atoms with Crippen molar-refractivity contribution in [3.8, 4) is 11.3 Å². The highest BCUT2D eigenvalue weighted by Crippen LogP contribution is 2.59. The van der Waals surface area contributed by atoms with Crippen LogP contribution in [0.1, 0.15) is 86.0 Å². The fourth-order valence-corrected chi connectivity index (χ4v) is 7.72. The molecule has 3 saturated carbocycles. The normalized spacial score (nSPS) is 23.4. The fraction of sp³-hybridized carbons (Fsp3) is 0.429. The Hall–Kier alpha value is -3.52. The van der Waals surface area contributed by atoms with Crippen LogP contribution < -0.4 is 5.32 Å². The van der Waals surface area contributed by atoms with Gasteiger partial charge in [-0.3, -0.25) is 14.3 Å². The maximum atomic E-state index is 14.6. The molecule has 1 atom stereocenters. The largest absolute Gasteiger partial charge is 0.460 e. The van der Waals surface area contributed by atoms with E-state index in [0.717, 1.165) is 43.5 Å². The van der Waals surface area contributed by atoms with Gasteiger partial charge in [0.15, 0.2) is 0 Å². The van der Waals surface area contributed by atoms with Crippen LogP contribution in [0.2, 0.25) is 0 Å². The minimum Gasteiger partial charge on any atom is -0.460 e. The van der Waals surface area contributed by atoms with Crippen molar-refractivity contribution in [2.24, 2.45) is 12.5 Å². The van der Waals surface area contributed by atoms with Crippen molar-refractivity contribution in [2.75, 3.05) is 0 Å². The topological polar surface area (TPSA) is 86.1 Å². The van der Waals surface area contributed by atoms with Crippen molar-refractivity contribution < 1.29 is 14.3 Å². The number of esters is 1. The van der Waals surface area contributed by atoms with Gasteiger partial charge < -0.3 is 10.1 Å². The van der Waals surface area contributed by atoms with Crippen LogP contribution in [0, 0.1) is 19.3 Å². The Labute approximate surface area is 261 Å². The first-order valence-electron chi connectivity index (χ1n) is 15.0. The molecular weight excluding hydrogens is 604 g/mol. The Bertz CT molecular complexity index is 1730. The second kappa shape index (κ2) is 10.6. The first kappa shape index (κ1) is 29.5. The van der Waals surface area contributed by atoms with Gasteiger partial charge in [0.2, 0.25) is 0 Å². The maximum Gasteiger partial charge on any atom is 0.312 e. The lowest BCUT2D eigenvalue weighted by Gasteiger charge is -2.57. The van der Waals surface area contributed by atoms with E-state index in [9.17, 15) is 9.59 Å². The Balaban J connectivity index is 1.44. The van der Waals surface area contributed by atoms with Crippen LogP contribution in [0.5, 0.6) is 0 Å². The summed E-state index contributed by atoms with van der Waals surface area (Å²) < 4.78 is 8.69.